The number of aromatic nitrogens is 3. The summed E-state index contributed by atoms with van der Waals surface area (Å²) in [6.45, 7) is 4.77. The predicted octanol–water partition coefficient (Wildman–Crippen LogP) is 16.2. The second-order valence-electron chi connectivity index (χ2n) is 18.6. The molecule has 0 spiro atoms. The summed E-state index contributed by atoms with van der Waals surface area (Å²) >= 11 is 0. The molecule has 0 fully saturated rings. The predicted molar refractivity (Wildman–Crippen MR) is 274 cm³/mol. The third-order valence-electron chi connectivity index (χ3n) is 14.4. The fourth-order valence-corrected chi connectivity index (χ4v) is 11.0. The average Bonchev–Trinajstić information content (AvgIpc) is 3.81. The number of benzene rings is 9. The summed E-state index contributed by atoms with van der Waals surface area (Å²) in [5.41, 5.74) is 21.4. The number of nitrogens with zero attached hydrogens (tertiary/aromatic N) is 3. The molecule has 67 heavy (non-hydrogen) atoms. The highest BCUT2D eigenvalue weighted by Crippen LogP contribution is 2.53. The molecule has 1 atom stereocenters. The monoisotopic (exact) mass is 859 g/mol. The molecule has 0 aliphatic heterocycles. The average molecular weight is 860 g/mol. The molecule has 13 rings (SSSR count). The van der Waals surface area contributed by atoms with Crippen LogP contribution in [0.3, 0.4) is 0 Å². The number of aryl methyl sites for hydroxylation is 1. The molecule has 11 aromatic rings. The summed E-state index contributed by atoms with van der Waals surface area (Å²) in [7, 11) is 0. The molecule has 9 aromatic carbocycles. The van der Waals surface area contributed by atoms with Gasteiger partial charge in [0.25, 0.3) is 0 Å². The van der Waals surface area contributed by atoms with Gasteiger partial charge in [-0.2, -0.15) is 0 Å². The summed E-state index contributed by atoms with van der Waals surface area (Å²) in [5, 5.41) is 2.17. The molecule has 2 aliphatic carbocycles. The van der Waals surface area contributed by atoms with Crippen LogP contribution in [0.4, 0.5) is 0 Å². The summed E-state index contributed by atoms with van der Waals surface area (Å²) in [4.78, 5) is 15.0. The van der Waals surface area contributed by atoms with Crippen molar-refractivity contribution in [3.05, 3.63) is 234 Å². The van der Waals surface area contributed by atoms with Crippen LogP contribution in [0.2, 0.25) is 0 Å². The lowest BCUT2D eigenvalue weighted by molar-refractivity contribution is 0.660. The third-order valence-corrected chi connectivity index (χ3v) is 14.4. The molecular weight excluding hydrogens is 815 g/mol. The van der Waals surface area contributed by atoms with Crippen molar-refractivity contribution in [2.24, 2.45) is 0 Å². The highest BCUT2D eigenvalue weighted by atomic mass is 16.3. The first-order valence-electron chi connectivity index (χ1n) is 23.3. The largest absolute Gasteiger partial charge is 0.456 e. The Morgan fingerprint density at radius 1 is 0.418 bits per heavy atom. The van der Waals surface area contributed by atoms with Crippen molar-refractivity contribution in [1.29, 1.82) is 0 Å². The maximum Gasteiger partial charge on any atom is 0.164 e. The van der Waals surface area contributed by atoms with Crippen molar-refractivity contribution in [3.63, 3.8) is 0 Å². The zero-order chi connectivity index (χ0) is 44.6. The fourth-order valence-electron chi connectivity index (χ4n) is 11.0. The van der Waals surface area contributed by atoms with Crippen molar-refractivity contribution in [1.82, 2.24) is 15.0 Å². The second-order valence-corrected chi connectivity index (χ2v) is 18.6. The Labute approximate surface area is 390 Å². The van der Waals surface area contributed by atoms with E-state index in [0.717, 1.165) is 68.2 Å². The van der Waals surface area contributed by atoms with E-state index in [1.165, 1.54) is 55.6 Å². The summed E-state index contributed by atoms with van der Waals surface area (Å²) < 4.78 is 6.62. The number of hydrogen-bond acceptors (Lipinski definition) is 4. The number of fused-ring (bicyclic) bond motifs is 9. The topological polar surface area (TPSA) is 51.8 Å². The molecule has 0 saturated carbocycles. The van der Waals surface area contributed by atoms with Gasteiger partial charge in [-0.05, 0) is 122 Å². The Kier molecular flexibility index (Phi) is 9.04. The van der Waals surface area contributed by atoms with Gasteiger partial charge < -0.3 is 4.42 Å². The molecule has 0 radical (unpaired) electrons. The third kappa shape index (κ3) is 6.54. The van der Waals surface area contributed by atoms with Gasteiger partial charge in [-0.25, -0.2) is 15.0 Å². The van der Waals surface area contributed by atoms with E-state index in [2.05, 4.69) is 159 Å². The van der Waals surface area contributed by atoms with Gasteiger partial charge in [0.2, 0.25) is 0 Å². The molecule has 4 nitrogen and oxygen atoms in total. The Hall–Kier alpha value is -8.21. The lowest BCUT2D eigenvalue weighted by Crippen LogP contribution is -2.15. The zero-order valence-electron chi connectivity index (χ0n) is 37.4. The molecule has 2 aliphatic rings. The molecule has 2 aromatic heterocycles. The van der Waals surface area contributed by atoms with Gasteiger partial charge in [-0.3, -0.25) is 0 Å². The highest BCUT2D eigenvalue weighted by molar-refractivity contribution is 6.13. The zero-order valence-corrected chi connectivity index (χ0v) is 37.4. The van der Waals surface area contributed by atoms with E-state index in [-0.39, 0.29) is 5.41 Å². The van der Waals surface area contributed by atoms with Crippen molar-refractivity contribution < 1.29 is 4.42 Å². The maximum absolute atomic E-state index is 6.62. The van der Waals surface area contributed by atoms with Crippen molar-refractivity contribution in [2.45, 2.75) is 38.0 Å². The summed E-state index contributed by atoms with van der Waals surface area (Å²) in [5.74, 6) is 2.19. The van der Waals surface area contributed by atoms with Gasteiger partial charge in [0.15, 0.2) is 17.5 Å². The summed E-state index contributed by atoms with van der Waals surface area (Å²) in [6, 6.07) is 74.2. The van der Waals surface area contributed by atoms with Crippen LogP contribution in [0.5, 0.6) is 0 Å². The number of rotatable bonds is 6. The molecule has 0 N–H and O–H groups in total. The van der Waals surface area contributed by atoms with E-state index in [1.54, 1.807) is 0 Å². The highest BCUT2D eigenvalue weighted by Gasteiger charge is 2.37. The lowest BCUT2D eigenvalue weighted by Gasteiger charge is -2.23. The molecule has 2 heterocycles. The Bertz CT molecular complexity index is 3660. The van der Waals surface area contributed by atoms with E-state index >= 15 is 0 Å². The van der Waals surface area contributed by atoms with Gasteiger partial charge in [0.1, 0.15) is 11.2 Å². The molecule has 4 heteroatoms. The van der Waals surface area contributed by atoms with Gasteiger partial charge in [-0.1, -0.05) is 184 Å². The van der Waals surface area contributed by atoms with Crippen LogP contribution >= 0.6 is 0 Å². The van der Waals surface area contributed by atoms with Crippen molar-refractivity contribution in [3.8, 4) is 78.7 Å². The van der Waals surface area contributed by atoms with Crippen LogP contribution in [0.1, 0.15) is 54.0 Å². The molecule has 0 saturated heterocycles. The second kappa shape index (κ2) is 15.5. The minimum atomic E-state index is -0.0873. The Morgan fingerprint density at radius 3 is 1.79 bits per heavy atom. The van der Waals surface area contributed by atoms with E-state index in [9.17, 15) is 0 Å². The first kappa shape index (κ1) is 39.2. The van der Waals surface area contributed by atoms with Crippen LogP contribution < -0.4 is 0 Å². The van der Waals surface area contributed by atoms with Gasteiger partial charge >= 0.3 is 0 Å². The number of furan rings is 1. The van der Waals surface area contributed by atoms with E-state index in [4.69, 9.17) is 19.4 Å². The normalized spacial score (nSPS) is 14.6. The van der Waals surface area contributed by atoms with E-state index in [0.29, 0.717) is 23.4 Å². The molecule has 0 bridgehead atoms. The first-order valence-corrected chi connectivity index (χ1v) is 23.3. The van der Waals surface area contributed by atoms with Crippen molar-refractivity contribution >= 4 is 21.9 Å². The van der Waals surface area contributed by atoms with Crippen molar-refractivity contribution in [2.75, 3.05) is 0 Å². The summed E-state index contributed by atoms with van der Waals surface area (Å²) in [6.07, 6.45) is 2.07. The van der Waals surface area contributed by atoms with Gasteiger partial charge in [0.05, 0.1) is 0 Å². The lowest BCUT2D eigenvalue weighted by atomic mass is 9.80. The SMILES string of the molecule is CC1(C)c2ccccc2-c2cc3c(cc21)-c1cc(-c2ccc4oc5cccc(-c6cccc(-c7nc(-c8ccccc8)nc(-c8ccccc8)n7)c6)c5c4c2)ccc1C(c1ccccc1)CC3. The Balaban J connectivity index is 0.941. The minimum Gasteiger partial charge on any atom is -0.456 e. The van der Waals surface area contributed by atoms with Gasteiger partial charge in [-0.15, -0.1) is 0 Å². The molecular formula is C63H45N3O. The van der Waals surface area contributed by atoms with E-state index < -0.39 is 0 Å². The minimum absolute atomic E-state index is 0.0873. The standard InChI is InChI=1S/C63H45N3O/c1-63(2)55-26-13-12-24-50(55)53-37-45-29-31-47(39-16-6-3-7-17-39)49-32-28-42(35-52(49)51(45)38-56(53)63)43-30-33-57-54(36-43)59-48(25-15-27-58(59)67-57)44-22-14-23-46(34-44)62-65-60(40-18-8-4-9-19-40)64-61(66-62)41-20-10-5-11-21-41/h3-28,30,32-38,47H,29,31H2,1-2H3. The quantitative estimate of drug-likeness (QED) is 0.167. The smallest absolute Gasteiger partial charge is 0.164 e. The van der Waals surface area contributed by atoms with E-state index in [1.807, 2.05) is 60.7 Å². The van der Waals surface area contributed by atoms with Gasteiger partial charge in [0, 0.05) is 38.8 Å². The van der Waals surface area contributed by atoms with Crippen LogP contribution in [0.25, 0.3) is 101 Å². The maximum atomic E-state index is 6.62. The van der Waals surface area contributed by atoms with Crippen LogP contribution in [-0.2, 0) is 11.8 Å². The first-order chi connectivity index (χ1) is 32.9. The van der Waals surface area contributed by atoms with Crippen LogP contribution in [-0.4, -0.2) is 15.0 Å². The van der Waals surface area contributed by atoms with Crippen LogP contribution in [0, 0.1) is 0 Å². The molecule has 0 amide bonds. The Morgan fingerprint density at radius 2 is 1.03 bits per heavy atom. The molecule has 1 unspecified atom stereocenters. The number of hydrogen-bond donors (Lipinski definition) is 0. The van der Waals surface area contributed by atoms with Crippen LogP contribution in [0.15, 0.2) is 211 Å². The fraction of sp³-hybridized carbons (Fsp3) is 0.0952. The molecule has 318 valence electrons.